The van der Waals surface area contributed by atoms with Crippen molar-refractivity contribution in [3.63, 3.8) is 0 Å². The van der Waals surface area contributed by atoms with Gasteiger partial charge >= 0.3 is 0 Å². The summed E-state index contributed by atoms with van der Waals surface area (Å²) >= 11 is 0. The van der Waals surface area contributed by atoms with E-state index in [1.807, 2.05) is 0 Å². The Hall–Kier alpha value is -1.60. The lowest BCUT2D eigenvalue weighted by Gasteiger charge is -2.28. The normalized spacial score (nSPS) is 22.3. The smallest absolute Gasteiger partial charge is 0.244 e. The zero-order valence-corrected chi connectivity index (χ0v) is 16.3. The molecule has 1 saturated heterocycles. The molecule has 1 aliphatic heterocycles. The maximum Gasteiger partial charge on any atom is 0.244 e. The van der Waals surface area contributed by atoms with Gasteiger partial charge in [-0.3, -0.25) is 4.79 Å². The van der Waals surface area contributed by atoms with Crippen molar-refractivity contribution in [2.75, 3.05) is 13.7 Å². The number of nitrogens with one attached hydrogen (secondary N) is 1. The van der Waals surface area contributed by atoms with Gasteiger partial charge in [0.05, 0.1) is 12.0 Å². The standard InChI is InChI=1S/C19H28N2O4S/c1-14-10-11-16(25-2)13-18(14)26(23,24)21-12-6-9-17(21)19(22)20-15-7-4-3-5-8-15/h10-11,13,15,17H,3-9,12H2,1-2H3,(H,20,22). The Balaban J connectivity index is 1.81. The van der Waals surface area contributed by atoms with Crippen LogP contribution in [0.2, 0.25) is 0 Å². The Morgan fingerprint density at radius 3 is 2.58 bits per heavy atom. The molecule has 144 valence electrons. The van der Waals surface area contributed by atoms with E-state index in [1.165, 1.54) is 17.8 Å². The largest absolute Gasteiger partial charge is 0.497 e. The molecule has 1 saturated carbocycles. The Kier molecular flexibility index (Phi) is 5.87. The third-order valence-electron chi connectivity index (χ3n) is 5.44. The molecule has 0 bridgehead atoms. The Labute approximate surface area is 156 Å². The summed E-state index contributed by atoms with van der Waals surface area (Å²) in [6.45, 7) is 2.14. The number of aryl methyl sites for hydroxylation is 1. The molecule has 1 N–H and O–H groups in total. The highest BCUT2D eigenvalue weighted by molar-refractivity contribution is 7.89. The van der Waals surface area contributed by atoms with Crippen molar-refractivity contribution in [3.05, 3.63) is 23.8 Å². The molecule has 26 heavy (non-hydrogen) atoms. The van der Waals surface area contributed by atoms with Crippen LogP contribution in [0.1, 0.15) is 50.5 Å². The van der Waals surface area contributed by atoms with Crippen LogP contribution in [0, 0.1) is 6.92 Å². The summed E-state index contributed by atoms with van der Waals surface area (Å²) in [5, 5.41) is 3.08. The van der Waals surface area contributed by atoms with Gasteiger partial charge in [-0.1, -0.05) is 25.3 Å². The van der Waals surface area contributed by atoms with Gasteiger partial charge in [-0.05, 0) is 44.2 Å². The first-order valence-electron chi connectivity index (χ1n) is 9.40. The third-order valence-corrected chi connectivity index (χ3v) is 7.49. The maximum absolute atomic E-state index is 13.2. The summed E-state index contributed by atoms with van der Waals surface area (Å²) in [5.74, 6) is 0.343. The van der Waals surface area contributed by atoms with Crippen molar-refractivity contribution in [2.24, 2.45) is 0 Å². The first-order chi connectivity index (χ1) is 12.4. The fourth-order valence-corrected chi connectivity index (χ4v) is 5.84. The molecular formula is C19H28N2O4S. The van der Waals surface area contributed by atoms with Crippen LogP contribution in [-0.2, 0) is 14.8 Å². The van der Waals surface area contributed by atoms with Crippen LogP contribution in [0.4, 0.5) is 0 Å². The summed E-state index contributed by atoms with van der Waals surface area (Å²) in [6, 6.07) is 4.58. The molecule has 0 spiro atoms. The molecule has 0 radical (unpaired) electrons. The van der Waals surface area contributed by atoms with Crippen molar-refractivity contribution in [3.8, 4) is 5.75 Å². The molecule has 1 atom stereocenters. The molecule has 1 amide bonds. The zero-order valence-electron chi connectivity index (χ0n) is 15.5. The molecule has 2 fully saturated rings. The quantitative estimate of drug-likeness (QED) is 0.852. The van der Waals surface area contributed by atoms with Crippen LogP contribution in [0.15, 0.2) is 23.1 Å². The predicted molar refractivity (Wildman–Crippen MR) is 99.7 cm³/mol. The number of nitrogens with zero attached hydrogens (tertiary/aromatic N) is 1. The number of ether oxygens (including phenoxy) is 1. The van der Waals surface area contributed by atoms with E-state index in [0.717, 1.165) is 25.7 Å². The monoisotopic (exact) mass is 380 g/mol. The minimum absolute atomic E-state index is 0.154. The molecule has 6 nitrogen and oxygen atoms in total. The maximum atomic E-state index is 13.2. The van der Waals surface area contributed by atoms with Crippen molar-refractivity contribution in [1.82, 2.24) is 9.62 Å². The number of rotatable bonds is 5. The van der Waals surface area contributed by atoms with Gasteiger partial charge < -0.3 is 10.1 Å². The third kappa shape index (κ3) is 3.88. The SMILES string of the molecule is COc1ccc(C)c(S(=O)(=O)N2CCCC2C(=O)NC2CCCCC2)c1. The van der Waals surface area contributed by atoms with Gasteiger partial charge in [0.2, 0.25) is 15.9 Å². The molecule has 1 aromatic carbocycles. The van der Waals surface area contributed by atoms with Crippen LogP contribution >= 0.6 is 0 Å². The minimum Gasteiger partial charge on any atom is -0.497 e. The number of hydrogen-bond acceptors (Lipinski definition) is 4. The van der Waals surface area contributed by atoms with Crippen LogP contribution < -0.4 is 10.1 Å². The molecule has 3 rings (SSSR count). The topological polar surface area (TPSA) is 75.7 Å². The highest BCUT2D eigenvalue weighted by Gasteiger charge is 2.40. The Morgan fingerprint density at radius 2 is 1.88 bits per heavy atom. The summed E-state index contributed by atoms with van der Waals surface area (Å²) in [6.07, 6.45) is 6.71. The van der Waals surface area contributed by atoms with E-state index in [0.29, 0.717) is 30.7 Å². The average Bonchev–Trinajstić information content (AvgIpc) is 3.14. The first-order valence-corrected chi connectivity index (χ1v) is 10.8. The van der Waals surface area contributed by atoms with E-state index in [4.69, 9.17) is 4.74 Å². The first kappa shape index (κ1) is 19.2. The van der Waals surface area contributed by atoms with Crippen molar-refractivity contribution >= 4 is 15.9 Å². The fraction of sp³-hybridized carbons (Fsp3) is 0.632. The highest BCUT2D eigenvalue weighted by Crippen LogP contribution is 2.30. The van der Waals surface area contributed by atoms with Crippen LogP contribution in [0.3, 0.4) is 0 Å². The van der Waals surface area contributed by atoms with E-state index in [-0.39, 0.29) is 16.8 Å². The van der Waals surface area contributed by atoms with Crippen LogP contribution in [0.25, 0.3) is 0 Å². The molecule has 7 heteroatoms. The number of sulfonamides is 1. The van der Waals surface area contributed by atoms with Crippen molar-refractivity contribution < 1.29 is 17.9 Å². The molecular weight excluding hydrogens is 352 g/mol. The summed E-state index contributed by atoms with van der Waals surface area (Å²) in [4.78, 5) is 13.0. The van der Waals surface area contributed by atoms with Crippen molar-refractivity contribution in [2.45, 2.75) is 68.8 Å². The fourth-order valence-electron chi connectivity index (χ4n) is 3.95. The van der Waals surface area contributed by atoms with Gasteiger partial charge in [-0.25, -0.2) is 8.42 Å². The van der Waals surface area contributed by atoms with Gasteiger partial charge in [-0.15, -0.1) is 0 Å². The number of carbonyl (C=O) groups excluding carboxylic acids is 1. The van der Waals surface area contributed by atoms with E-state index >= 15 is 0 Å². The van der Waals surface area contributed by atoms with Crippen molar-refractivity contribution in [1.29, 1.82) is 0 Å². The van der Waals surface area contributed by atoms with E-state index < -0.39 is 16.1 Å². The Bertz CT molecular complexity index is 757. The van der Waals surface area contributed by atoms with Gasteiger partial charge in [0, 0.05) is 18.7 Å². The molecule has 1 heterocycles. The second kappa shape index (κ2) is 7.96. The van der Waals surface area contributed by atoms with Gasteiger partial charge in [-0.2, -0.15) is 4.31 Å². The van der Waals surface area contributed by atoms with E-state index in [9.17, 15) is 13.2 Å². The summed E-state index contributed by atoms with van der Waals surface area (Å²) in [5.41, 5.74) is 0.657. The number of benzene rings is 1. The molecule has 1 unspecified atom stereocenters. The second-order valence-corrected chi connectivity index (χ2v) is 9.11. The highest BCUT2D eigenvalue weighted by atomic mass is 32.2. The van der Waals surface area contributed by atoms with Gasteiger partial charge in [0.25, 0.3) is 0 Å². The minimum atomic E-state index is -3.74. The average molecular weight is 381 g/mol. The predicted octanol–water partition coefficient (Wildman–Crippen LogP) is 2.61. The number of methoxy groups -OCH3 is 1. The molecule has 1 aliphatic carbocycles. The van der Waals surface area contributed by atoms with E-state index in [1.54, 1.807) is 25.1 Å². The van der Waals surface area contributed by atoms with Gasteiger partial charge in [0.1, 0.15) is 11.8 Å². The molecule has 0 aromatic heterocycles. The van der Waals surface area contributed by atoms with E-state index in [2.05, 4.69) is 5.32 Å². The number of hydrogen-bond donors (Lipinski definition) is 1. The molecule has 2 aliphatic rings. The lowest BCUT2D eigenvalue weighted by atomic mass is 9.95. The summed E-state index contributed by atoms with van der Waals surface area (Å²) < 4.78 is 33.0. The summed E-state index contributed by atoms with van der Waals surface area (Å²) in [7, 11) is -2.23. The van der Waals surface area contributed by atoms with Gasteiger partial charge in [0.15, 0.2) is 0 Å². The van der Waals surface area contributed by atoms with Crippen LogP contribution in [0.5, 0.6) is 5.75 Å². The number of amides is 1. The zero-order chi connectivity index (χ0) is 18.7. The lowest BCUT2D eigenvalue weighted by molar-refractivity contribution is -0.125. The molecule has 1 aromatic rings. The number of carbonyl (C=O) groups is 1. The van der Waals surface area contributed by atoms with Crippen LogP contribution in [-0.4, -0.2) is 44.4 Å². The Morgan fingerprint density at radius 1 is 1.15 bits per heavy atom. The second-order valence-electron chi connectivity index (χ2n) is 7.25. The lowest BCUT2D eigenvalue weighted by Crippen LogP contribution is -2.49.